The van der Waals surface area contributed by atoms with Crippen LogP contribution < -0.4 is 0 Å². The largest absolute Gasteiger partial charge is 0.480 e. The molecule has 104 valence electrons. The van der Waals surface area contributed by atoms with Crippen molar-refractivity contribution in [2.75, 3.05) is 13.1 Å². The molecule has 2 rings (SSSR count). The molecule has 1 N–H and O–H groups in total. The van der Waals surface area contributed by atoms with Crippen molar-refractivity contribution in [3.63, 3.8) is 0 Å². The first-order valence-electron chi connectivity index (χ1n) is 6.60. The topological polar surface area (TPSA) is 57.6 Å². The number of carbonyl (C=O) groups is 2. The molecule has 0 saturated carbocycles. The van der Waals surface area contributed by atoms with Gasteiger partial charge >= 0.3 is 5.97 Å². The number of fused-ring (bicyclic) bond motifs is 1. The number of aliphatic carboxylic acids is 1. The summed E-state index contributed by atoms with van der Waals surface area (Å²) in [6.45, 7) is 4.22. The minimum atomic E-state index is -0.960. The molecule has 0 atom stereocenters. The molecule has 0 unspecified atom stereocenters. The van der Waals surface area contributed by atoms with Gasteiger partial charge in [-0.25, -0.2) is 0 Å². The van der Waals surface area contributed by atoms with E-state index >= 15 is 0 Å². The van der Waals surface area contributed by atoms with Gasteiger partial charge in [0.05, 0.1) is 4.88 Å². The van der Waals surface area contributed by atoms with Gasteiger partial charge in [-0.2, -0.15) is 0 Å². The van der Waals surface area contributed by atoms with Crippen molar-refractivity contribution in [1.82, 2.24) is 4.90 Å². The Morgan fingerprint density at radius 2 is 2.16 bits per heavy atom. The Bertz CT molecular complexity index is 471. The highest BCUT2D eigenvalue weighted by Gasteiger charge is 2.24. The second-order valence-corrected chi connectivity index (χ2v) is 6.52. The van der Waals surface area contributed by atoms with E-state index < -0.39 is 5.97 Å². The molecule has 5 heteroatoms. The van der Waals surface area contributed by atoms with Gasteiger partial charge in [-0.3, -0.25) is 9.59 Å². The average Bonchev–Trinajstić information content (AvgIpc) is 2.85. The fourth-order valence-corrected chi connectivity index (χ4v) is 3.64. The summed E-state index contributed by atoms with van der Waals surface area (Å²) in [5, 5.41) is 8.92. The number of aryl methyl sites for hydroxylation is 2. The van der Waals surface area contributed by atoms with E-state index in [1.807, 2.05) is 19.9 Å². The lowest BCUT2D eigenvalue weighted by Crippen LogP contribution is -2.37. The van der Waals surface area contributed by atoms with Crippen LogP contribution in [0.1, 0.15) is 40.4 Å². The first-order chi connectivity index (χ1) is 8.97. The Hall–Kier alpha value is -1.36. The molecule has 0 radical (unpaired) electrons. The Morgan fingerprint density at radius 3 is 2.74 bits per heavy atom. The third-order valence-electron chi connectivity index (χ3n) is 3.16. The predicted octanol–water partition coefficient (Wildman–Crippen LogP) is 2.42. The van der Waals surface area contributed by atoms with E-state index in [9.17, 15) is 9.59 Å². The minimum Gasteiger partial charge on any atom is -0.480 e. The van der Waals surface area contributed by atoms with Crippen molar-refractivity contribution in [2.24, 2.45) is 5.92 Å². The predicted molar refractivity (Wildman–Crippen MR) is 74.7 cm³/mol. The summed E-state index contributed by atoms with van der Waals surface area (Å²) in [5.74, 6) is -0.844. The van der Waals surface area contributed by atoms with Gasteiger partial charge in [0.15, 0.2) is 0 Å². The summed E-state index contributed by atoms with van der Waals surface area (Å²) >= 11 is 1.53. The lowest BCUT2D eigenvalue weighted by Gasteiger charge is -2.22. The number of carbonyl (C=O) groups excluding carboxylic acids is 1. The molecule has 1 amide bonds. The molecular weight excluding hydrogens is 262 g/mol. The summed E-state index contributed by atoms with van der Waals surface area (Å²) in [4.78, 5) is 26.7. The van der Waals surface area contributed by atoms with E-state index in [1.165, 1.54) is 33.1 Å². The summed E-state index contributed by atoms with van der Waals surface area (Å²) in [6, 6.07) is 1.95. The molecule has 1 heterocycles. The maximum absolute atomic E-state index is 12.4. The monoisotopic (exact) mass is 281 g/mol. The average molecular weight is 281 g/mol. The second-order valence-electron chi connectivity index (χ2n) is 5.39. The number of hydrogen-bond acceptors (Lipinski definition) is 3. The van der Waals surface area contributed by atoms with E-state index in [2.05, 4.69) is 0 Å². The molecule has 1 aromatic heterocycles. The van der Waals surface area contributed by atoms with E-state index in [1.54, 1.807) is 0 Å². The van der Waals surface area contributed by atoms with Crippen molar-refractivity contribution < 1.29 is 14.7 Å². The summed E-state index contributed by atoms with van der Waals surface area (Å²) in [6.07, 6.45) is 3.26. The quantitative estimate of drug-likeness (QED) is 0.901. The van der Waals surface area contributed by atoms with Gasteiger partial charge in [0.2, 0.25) is 0 Å². The number of carboxylic acid groups (broad SMARTS) is 1. The number of hydrogen-bond donors (Lipinski definition) is 1. The van der Waals surface area contributed by atoms with Gasteiger partial charge in [0, 0.05) is 11.4 Å². The highest BCUT2D eigenvalue weighted by Crippen LogP contribution is 2.31. The van der Waals surface area contributed by atoms with Crippen molar-refractivity contribution in [3.05, 3.63) is 21.4 Å². The minimum absolute atomic E-state index is 0.143. The van der Waals surface area contributed by atoms with Crippen molar-refractivity contribution >= 4 is 23.2 Å². The molecule has 0 saturated heterocycles. The van der Waals surface area contributed by atoms with Gasteiger partial charge in [-0.1, -0.05) is 13.8 Å². The third kappa shape index (κ3) is 3.35. The zero-order valence-corrected chi connectivity index (χ0v) is 12.1. The lowest BCUT2D eigenvalue weighted by molar-refractivity contribution is -0.137. The maximum Gasteiger partial charge on any atom is 0.323 e. The number of carboxylic acids is 1. The number of nitrogens with zero attached hydrogens (tertiary/aromatic N) is 1. The van der Waals surface area contributed by atoms with Crippen LogP contribution in [0.25, 0.3) is 0 Å². The Balaban J connectivity index is 2.15. The van der Waals surface area contributed by atoms with E-state index in [0.29, 0.717) is 11.4 Å². The summed E-state index contributed by atoms with van der Waals surface area (Å²) in [7, 11) is 0. The fraction of sp³-hybridized carbons (Fsp3) is 0.571. The van der Waals surface area contributed by atoms with Crippen LogP contribution in [0.4, 0.5) is 0 Å². The Kier molecular flexibility index (Phi) is 4.24. The molecule has 1 aliphatic carbocycles. The van der Waals surface area contributed by atoms with Crippen molar-refractivity contribution in [2.45, 2.75) is 33.1 Å². The van der Waals surface area contributed by atoms with Gasteiger partial charge in [0.25, 0.3) is 5.91 Å². The first-order valence-corrected chi connectivity index (χ1v) is 7.41. The van der Waals surface area contributed by atoms with E-state index in [0.717, 1.165) is 12.8 Å². The van der Waals surface area contributed by atoms with Crippen LogP contribution >= 0.6 is 11.3 Å². The summed E-state index contributed by atoms with van der Waals surface area (Å²) < 4.78 is 0. The van der Waals surface area contributed by atoms with Crippen LogP contribution in [-0.4, -0.2) is 35.0 Å². The van der Waals surface area contributed by atoms with Gasteiger partial charge in [0.1, 0.15) is 6.54 Å². The molecule has 19 heavy (non-hydrogen) atoms. The van der Waals surface area contributed by atoms with Gasteiger partial charge < -0.3 is 10.0 Å². The standard InChI is InChI=1S/C14H19NO3S/c1-9(2)7-15(8-13(16)17)14(18)12-6-10-4-3-5-11(10)19-12/h6,9H,3-5,7-8H2,1-2H3,(H,16,17). The molecule has 0 aliphatic heterocycles. The number of rotatable bonds is 5. The molecule has 0 fully saturated rings. The molecule has 0 aromatic carbocycles. The molecular formula is C14H19NO3S. The van der Waals surface area contributed by atoms with Crippen molar-refractivity contribution in [1.29, 1.82) is 0 Å². The zero-order valence-electron chi connectivity index (χ0n) is 11.3. The third-order valence-corrected chi connectivity index (χ3v) is 4.38. The Morgan fingerprint density at radius 1 is 1.42 bits per heavy atom. The van der Waals surface area contributed by atoms with Crippen LogP contribution in [0.5, 0.6) is 0 Å². The highest BCUT2D eigenvalue weighted by molar-refractivity contribution is 7.14. The zero-order chi connectivity index (χ0) is 14.0. The SMILES string of the molecule is CC(C)CN(CC(=O)O)C(=O)c1cc2c(s1)CCC2. The maximum atomic E-state index is 12.4. The van der Waals surface area contributed by atoms with E-state index in [-0.39, 0.29) is 18.4 Å². The van der Waals surface area contributed by atoms with E-state index in [4.69, 9.17) is 5.11 Å². The molecule has 4 nitrogen and oxygen atoms in total. The van der Waals surface area contributed by atoms with Gasteiger partial charge in [-0.15, -0.1) is 11.3 Å². The first kappa shape index (κ1) is 14.1. The van der Waals surface area contributed by atoms with Crippen LogP contribution in [0.2, 0.25) is 0 Å². The molecule has 0 bridgehead atoms. The fourth-order valence-electron chi connectivity index (χ4n) is 2.41. The normalized spacial score (nSPS) is 13.6. The summed E-state index contributed by atoms with van der Waals surface area (Å²) in [5.41, 5.74) is 1.27. The highest BCUT2D eigenvalue weighted by atomic mass is 32.1. The van der Waals surface area contributed by atoms with Crippen molar-refractivity contribution in [3.8, 4) is 0 Å². The molecule has 1 aliphatic rings. The molecule has 1 aromatic rings. The van der Waals surface area contributed by atoms with Gasteiger partial charge in [-0.05, 0) is 36.8 Å². The van der Waals surface area contributed by atoms with Crippen LogP contribution in [-0.2, 0) is 17.6 Å². The molecule has 0 spiro atoms. The lowest BCUT2D eigenvalue weighted by atomic mass is 10.2. The Labute approximate surface area is 117 Å². The van der Waals surface area contributed by atoms with Crippen LogP contribution in [0.3, 0.4) is 0 Å². The van der Waals surface area contributed by atoms with Crippen LogP contribution in [0, 0.1) is 5.92 Å². The smallest absolute Gasteiger partial charge is 0.323 e. The van der Waals surface area contributed by atoms with Crippen LogP contribution in [0.15, 0.2) is 6.07 Å². The number of amides is 1. The number of thiophene rings is 1. The second kappa shape index (κ2) is 5.74.